The standard InChI is InChI=1S/C8H6N2O2S/c9-2-5-1-7(13-4-5)6-3-10-8(11)12-6/h1,4,6H,3H2,(H,10,11). The first kappa shape index (κ1) is 8.08. The van der Waals surface area contributed by atoms with E-state index in [0.717, 1.165) is 4.88 Å². The van der Waals surface area contributed by atoms with Crippen LogP contribution in [0.5, 0.6) is 0 Å². The summed E-state index contributed by atoms with van der Waals surface area (Å²) in [7, 11) is 0. The zero-order valence-corrected chi connectivity index (χ0v) is 7.43. The number of nitrogens with zero attached hydrogens (tertiary/aromatic N) is 1. The maximum absolute atomic E-state index is 10.7. The summed E-state index contributed by atoms with van der Waals surface area (Å²) in [5, 5.41) is 12.9. The summed E-state index contributed by atoms with van der Waals surface area (Å²) in [4.78, 5) is 11.6. The smallest absolute Gasteiger partial charge is 0.407 e. The number of alkyl carbamates (subject to hydrolysis) is 1. The van der Waals surface area contributed by atoms with E-state index in [4.69, 9.17) is 10.00 Å². The highest BCUT2D eigenvalue weighted by Gasteiger charge is 2.25. The number of nitrogens with one attached hydrogen (secondary N) is 1. The second-order valence-electron chi connectivity index (χ2n) is 2.62. The van der Waals surface area contributed by atoms with Crippen LogP contribution in [0.2, 0.25) is 0 Å². The molecule has 2 rings (SSSR count). The van der Waals surface area contributed by atoms with Gasteiger partial charge in [0.25, 0.3) is 0 Å². The highest BCUT2D eigenvalue weighted by atomic mass is 32.1. The van der Waals surface area contributed by atoms with E-state index in [-0.39, 0.29) is 6.10 Å². The predicted molar refractivity (Wildman–Crippen MR) is 46.3 cm³/mol. The highest BCUT2D eigenvalue weighted by Crippen LogP contribution is 2.26. The van der Waals surface area contributed by atoms with Crippen molar-refractivity contribution in [3.05, 3.63) is 21.9 Å². The lowest BCUT2D eigenvalue weighted by Crippen LogP contribution is -2.12. The number of nitriles is 1. The maximum Gasteiger partial charge on any atom is 0.407 e. The number of cyclic esters (lactones) is 1. The Hall–Kier alpha value is -1.54. The monoisotopic (exact) mass is 194 g/mol. The van der Waals surface area contributed by atoms with Gasteiger partial charge in [0.15, 0.2) is 6.10 Å². The molecule has 1 aliphatic heterocycles. The molecule has 1 fully saturated rings. The minimum Gasteiger partial charge on any atom is -0.439 e. The number of carbonyl (C=O) groups excluding carboxylic acids is 1. The molecule has 1 saturated heterocycles. The molecule has 0 radical (unpaired) electrons. The molecule has 1 atom stereocenters. The minimum absolute atomic E-state index is 0.223. The molecule has 0 bridgehead atoms. The lowest BCUT2D eigenvalue weighted by atomic mass is 10.2. The Morgan fingerprint density at radius 3 is 3.15 bits per heavy atom. The van der Waals surface area contributed by atoms with Gasteiger partial charge in [-0.05, 0) is 6.07 Å². The van der Waals surface area contributed by atoms with Crippen molar-refractivity contribution in [2.75, 3.05) is 6.54 Å². The molecular weight excluding hydrogens is 188 g/mol. The zero-order chi connectivity index (χ0) is 9.26. The van der Waals surface area contributed by atoms with E-state index in [0.29, 0.717) is 12.1 Å². The third-order valence-corrected chi connectivity index (χ3v) is 2.77. The van der Waals surface area contributed by atoms with E-state index >= 15 is 0 Å². The number of thiophene rings is 1. The van der Waals surface area contributed by atoms with Crippen LogP contribution >= 0.6 is 11.3 Å². The van der Waals surface area contributed by atoms with Gasteiger partial charge >= 0.3 is 6.09 Å². The topological polar surface area (TPSA) is 62.1 Å². The molecule has 1 aromatic rings. The number of hydrogen-bond donors (Lipinski definition) is 1. The summed E-state index contributed by atoms with van der Waals surface area (Å²) in [5.41, 5.74) is 0.614. The Bertz CT molecular complexity index is 380. The van der Waals surface area contributed by atoms with Crippen LogP contribution in [0, 0.1) is 11.3 Å². The molecule has 5 heteroatoms. The van der Waals surface area contributed by atoms with Crippen molar-refractivity contribution in [1.29, 1.82) is 5.26 Å². The van der Waals surface area contributed by atoms with Gasteiger partial charge in [0, 0.05) is 10.3 Å². The molecule has 0 aromatic carbocycles. The predicted octanol–water partition coefficient (Wildman–Crippen LogP) is 1.40. The second-order valence-corrected chi connectivity index (χ2v) is 3.57. The minimum atomic E-state index is -0.392. The third-order valence-electron chi connectivity index (χ3n) is 1.75. The van der Waals surface area contributed by atoms with Gasteiger partial charge in [-0.15, -0.1) is 11.3 Å². The van der Waals surface area contributed by atoms with E-state index in [2.05, 4.69) is 5.32 Å². The molecular formula is C8H6N2O2S. The highest BCUT2D eigenvalue weighted by molar-refractivity contribution is 7.10. The molecule has 1 amide bonds. The molecule has 66 valence electrons. The molecule has 13 heavy (non-hydrogen) atoms. The second kappa shape index (κ2) is 3.07. The summed E-state index contributed by atoms with van der Waals surface area (Å²) < 4.78 is 4.96. The Morgan fingerprint density at radius 2 is 2.62 bits per heavy atom. The van der Waals surface area contributed by atoms with Gasteiger partial charge in [-0.2, -0.15) is 5.26 Å². The van der Waals surface area contributed by atoms with E-state index in [1.54, 1.807) is 11.4 Å². The Morgan fingerprint density at radius 1 is 1.77 bits per heavy atom. The molecule has 1 aromatic heterocycles. The largest absolute Gasteiger partial charge is 0.439 e. The van der Waals surface area contributed by atoms with E-state index in [1.807, 2.05) is 6.07 Å². The van der Waals surface area contributed by atoms with Crippen molar-refractivity contribution >= 4 is 17.4 Å². The molecule has 1 unspecified atom stereocenters. The number of carbonyl (C=O) groups is 1. The first-order chi connectivity index (χ1) is 6.29. The number of amides is 1. The molecule has 0 saturated carbocycles. The number of ether oxygens (including phenoxy) is 1. The van der Waals surface area contributed by atoms with Crippen molar-refractivity contribution in [1.82, 2.24) is 5.32 Å². The van der Waals surface area contributed by atoms with Gasteiger partial charge in [0.1, 0.15) is 6.07 Å². The van der Waals surface area contributed by atoms with Gasteiger partial charge in [-0.1, -0.05) is 0 Å². The van der Waals surface area contributed by atoms with Crippen LogP contribution in [0.1, 0.15) is 16.5 Å². The fourth-order valence-corrected chi connectivity index (χ4v) is 1.99. The molecule has 0 aliphatic carbocycles. The average molecular weight is 194 g/mol. The van der Waals surface area contributed by atoms with Gasteiger partial charge in [-0.25, -0.2) is 4.79 Å². The molecule has 1 aliphatic rings. The third kappa shape index (κ3) is 1.48. The summed E-state index contributed by atoms with van der Waals surface area (Å²) in [6.07, 6.45) is -0.614. The molecule has 0 spiro atoms. The van der Waals surface area contributed by atoms with E-state index in [9.17, 15) is 4.79 Å². The zero-order valence-electron chi connectivity index (χ0n) is 6.61. The SMILES string of the molecule is N#Cc1csc(C2CNC(=O)O2)c1. The molecule has 4 nitrogen and oxygen atoms in total. The fourth-order valence-electron chi connectivity index (χ4n) is 1.13. The van der Waals surface area contributed by atoms with Gasteiger partial charge in [0.05, 0.1) is 12.1 Å². The normalized spacial score (nSPS) is 20.5. The van der Waals surface area contributed by atoms with Crippen molar-refractivity contribution in [2.45, 2.75) is 6.10 Å². The number of rotatable bonds is 1. The number of hydrogen-bond acceptors (Lipinski definition) is 4. The van der Waals surface area contributed by atoms with Crippen molar-refractivity contribution in [2.24, 2.45) is 0 Å². The van der Waals surface area contributed by atoms with Crippen LogP contribution in [0.3, 0.4) is 0 Å². The van der Waals surface area contributed by atoms with E-state index < -0.39 is 6.09 Å². The summed E-state index contributed by atoms with van der Waals surface area (Å²) in [6.45, 7) is 0.490. The Balaban J connectivity index is 2.18. The van der Waals surface area contributed by atoms with Crippen LogP contribution < -0.4 is 5.32 Å². The van der Waals surface area contributed by atoms with Gasteiger partial charge in [-0.3, -0.25) is 0 Å². The van der Waals surface area contributed by atoms with Gasteiger partial charge in [0.2, 0.25) is 0 Å². The van der Waals surface area contributed by atoms with Crippen LogP contribution in [-0.4, -0.2) is 12.6 Å². The van der Waals surface area contributed by atoms with E-state index in [1.165, 1.54) is 11.3 Å². The lowest BCUT2D eigenvalue weighted by Gasteiger charge is -2.02. The van der Waals surface area contributed by atoms with Crippen LogP contribution in [-0.2, 0) is 4.74 Å². The Kier molecular flexibility index (Phi) is 1.91. The maximum atomic E-state index is 10.7. The molecule has 1 N–H and O–H groups in total. The first-order valence-electron chi connectivity index (χ1n) is 3.72. The van der Waals surface area contributed by atoms with Gasteiger partial charge < -0.3 is 10.1 Å². The average Bonchev–Trinajstić information content (AvgIpc) is 2.71. The first-order valence-corrected chi connectivity index (χ1v) is 4.60. The van der Waals surface area contributed by atoms with Crippen LogP contribution in [0.4, 0.5) is 4.79 Å². The fraction of sp³-hybridized carbons (Fsp3) is 0.250. The van der Waals surface area contributed by atoms with Crippen molar-refractivity contribution < 1.29 is 9.53 Å². The lowest BCUT2D eigenvalue weighted by molar-refractivity contribution is 0.142. The summed E-state index contributed by atoms with van der Waals surface area (Å²) in [5.74, 6) is 0. The summed E-state index contributed by atoms with van der Waals surface area (Å²) >= 11 is 1.43. The quantitative estimate of drug-likeness (QED) is 0.735. The van der Waals surface area contributed by atoms with Crippen LogP contribution in [0.15, 0.2) is 11.4 Å². The summed E-state index contributed by atoms with van der Waals surface area (Å²) in [6, 6.07) is 3.78. The van der Waals surface area contributed by atoms with Crippen molar-refractivity contribution in [3.63, 3.8) is 0 Å². The van der Waals surface area contributed by atoms with Crippen LogP contribution in [0.25, 0.3) is 0 Å². The molecule has 2 heterocycles. The Labute approximate surface area is 78.7 Å². The van der Waals surface area contributed by atoms with Crippen molar-refractivity contribution in [3.8, 4) is 6.07 Å².